The number of aromatic amines is 1. The van der Waals surface area contributed by atoms with E-state index in [4.69, 9.17) is 5.11 Å². The maximum absolute atomic E-state index is 11.0. The van der Waals surface area contributed by atoms with E-state index >= 15 is 0 Å². The van der Waals surface area contributed by atoms with Gasteiger partial charge in [0.1, 0.15) is 6.04 Å². The number of ketones is 1. The third kappa shape index (κ3) is 3.19. The van der Waals surface area contributed by atoms with Gasteiger partial charge in [-0.25, -0.2) is 9.78 Å². The SMILES string of the molecule is CC(=O)C(=O)N[C@@H](Cc1c[nH]cn1)C(=O)O. The van der Waals surface area contributed by atoms with Crippen LogP contribution in [-0.4, -0.2) is 38.8 Å². The molecule has 0 fully saturated rings. The lowest BCUT2D eigenvalue weighted by Gasteiger charge is -2.11. The van der Waals surface area contributed by atoms with E-state index in [9.17, 15) is 14.4 Å². The van der Waals surface area contributed by atoms with Crippen LogP contribution in [0.4, 0.5) is 0 Å². The van der Waals surface area contributed by atoms with E-state index in [0.717, 1.165) is 6.92 Å². The highest BCUT2D eigenvalue weighted by molar-refractivity contribution is 6.35. The van der Waals surface area contributed by atoms with E-state index in [1.807, 2.05) is 0 Å². The van der Waals surface area contributed by atoms with Crippen molar-refractivity contribution in [2.45, 2.75) is 19.4 Å². The van der Waals surface area contributed by atoms with Crippen molar-refractivity contribution in [3.8, 4) is 0 Å². The van der Waals surface area contributed by atoms with E-state index in [-0.39, 0.29) is 6.42 Å². The van der Waals surface area contributed by atoms with Gasteiger partial charge in [0.05, 0.1) is 12.0 Å². The van der Waals surface area contributed by atoms with Crippen molar-refractivity contribution >= 4 is 17.7 Å². The molecule has 1 aromatic heterocycles. The third-order valence-electron chi connectivity index (χ3n) is 1.89. The molecular weight excluding hydrogens is 214 g/mol. The first-order valence-electron chi connectivity index (χ1n) is 4.52. The van der Waals surface area contributed by atoms with Gasteiger partial charge in [0.25, 0.3) is 5.91 Å². The highest BCUT2D eigenvalue weighted by Gasteiger charge is 2.22. The van der Waals surface area contributed by atoms with Crippen LogP contribution < -0.4 is 5.32 Å². The number of amides is 1. The van der Waals surface area contributed by atoms with E-state index in [0.29, 0.717) is 5.69 Å². The number of carbonyl (C=O) groups is 3. The van der Waals surface area contributed by atoms with Gasteiger partial charge in [0, 0.05) is 19.5 Å². The molecule has 7 nitrogen and oxygen atoms in total. The fourth-order valence-corrected chi connectivity index (χ4v) is 1.07. The van der Waals surface area contributed by atoms with E-state index < -0.39 is 23.7 Å². The molecule has 0 radical (unpaired) electrons. The topological polar surface area (TPSA) is 112 Å². The van der Waals surface area contributed by atoms with Crippen molar-refractivity contribution in [3.05, 3.63) is 18.2 Å². The Morgan fingerprint density at radius 2 is 2.25 bits per heavy atom. The van der Waals surface area contributed by atoms with Crippen LogP contribution in [0.1, 0.15) is 12.6 Å². The number of Topliss-reactive ketones (excluding diaryl/α,β-unsaturated/α-hetero) is 1. The number of hydrogen-bond donors (Lipinski definition) is 3. The minimum absolute atomic E-state index is 0.0256. The fraction of sp³-hybridized carbons (Fsp3) is 0.333. The molecule has 16 heavy (non-hydrogen) atoms. The zero-order valence-electron chi connectivity index (χ0n) is 8.56. The number of aromatic nitrogens is 2. The van der Waals surface area contributed by atoms with Crippen LogP contribution in [0.3, 0.4) is 0 Å². The Morgan fingerprint density at radius 3 is 2.69 bits per heavy atom. The number of nitrogens with zero attached hydrogens (tertiary/aromatic N) is 1. The molecule has 1 aromatic rings. The fourth-order valence-electron chi connectivity index (χ4n) is 1.07. The number of aliphatic carboxylic acids is 1. The molecule has 0 aromatic carbocycles. The van der Waals surface area contributed by atoms with Gasteiger partial charge in [-0.1, -0.05) is 0 Å². The first-order chi connectivity index (χ1) is 7.50. The molecule has 0 saturated heterocycles. The standard InChI is InChI=1S/C9H11N3O4/c1-5(13)8(14)12-7(9(15)16)2-6-3-10-4-11-6/h3-4,7H,2H2,1H3,(H,10,11)(H,12,14)(H,15,16)/t7-/m0/s1. The summed E-state index contributed by atoms with van der Waals surface area (Å²) in [5.74, 6) is -2.85. The second kappa shape index (κ2) is 5.06. The second-order valence-electron chi connectivity index (χ2n) is 3.19. The number of nitrogens with one attached hydrogen (secondary N) is 2. The summed E-state index contributed by atoms with van der Waals surface area (Å²) in [6, 6.07) is -1.15. The van der Waals surface area contributed by atoms with Crippen LogP contribution in [-0.2, 0) is 20.8 Å². The Morgan fingerprint density at radius 1 is 1.56 bits per heavy atom. The molecule has 0 aliphatic heterocycles. The van der Waals surface area contributed by atoms with Gasteiger partial charge in [-0.3, -0.25) is 9.59 Å². The summed E-state index contributed by atoms with van der Waals surface area (Å²) in [5, 5.41) is 11.0. The van der Waals surface area contributed by atoms with Gasteiger partial charge in [-0.15, -0.1) is 0 Å². The lowest BCUT2D eigenvalue weighted by atomic mass is 10.1. The molecule has 7 heteroatoms. The molecule has 0 spiro atoms. The van der Waals surface area contributed by atoms with Gasteiger partial charge in [-0.2, -0.15) is 0 Å². The molecule has 86 valence electrons. The van der Waals surface area contributed by atoms with Crippen molar-refractivity contribution < 1.29 is 19.5 Å². The minimum Gasteiger partial charge on any atom is -0.480 e. The third-order valence-corrected chi connectivity index (χ3v) is 1.89. The highest BCUT2D eigenvalue weighted by Crippen LogP contribution is 1.98. The molecule has 1 atom stereocenters. The number of H-pyrrole nitrogens is 1. The summed E-state index contributed by atoms with van der Waals surface area (Å²) in [6.07, 6.45) is 2.95. The average molecular weight is 225 g/mol. The summed E-state index contributed by atoms with van der Waals surface area (Å²) in [6.45, 7) is 1.07. The van der Waals surface area contributed by atoms with Gasteiger partial charge >= 0.3 is 5.97 Å². The smallest absolute Gasteiger partial charge is 0.326 e. The summed E-state index contributed by atoms with van der Waals surface area (Å²) in [7, 11) is 0. The molecule has 1 rings (SSSR count). The maximum atomic E-state index is 11.0. The van der Waals surface area contributed by atoms with Crippen LogP contribution in [0, 0.1) is 0 Å². The number of rotatable bonds is 5. The molecule has 0 aliphatic rings. The van der Waals surface area contributed by atoms with E-state index in [2.05, 4.69) is 15.3 Å². The van der Waals surface area contributed by atoms with Crippen LogP contribution in [0.15, 0.2) is 12.5 Å². The first kappa shape index (κ1) is 11.9. The number of carboxylic acid groups (broad SMARTS) is 1. The molecule has 0 aliphatic carbocycles. The van der Waals surface area contributed by atoms with E-state index in [1.54, 1.807) is 0 Å². The molecule has 1 heterocycles. The predicted octanol–water partition coefficient (Wildman–Crippen LogP) is -0.889. The summed E-state index contributed by atoms with van der Waals surface area (Å²) in [5.41, 5.74) is 0.497. The van der Waals surface area contributed by atoms with Gasteiger partial charge in [0.15, 0.2) is 0 Å². The molecule has 3 N–H and O–H groups in total. The molecular formula is C9H11N3O4. The monoisotopic (exact) mass is 225 g/mol. The Labute approximate surface area is 90.9 Å². The maximum Gasteiger partial charge on any atom is 0.326 e. The van der Waals surface area contributed by atoms with Gasteiger partial charge in [0.2, 0.25) is 5.78 Å². The number of carboxylic acids is 1. The number of hydrogen-bond acceptors (Lipinski definition) is 4. The lowest BCUT2D eigenvalue weighted by molar-refractivity contribution is -0.143. The largest absolute Gasteiger partial charge is 0.480 e. The molecule has 1 amide bonds. The van der Waals surface area contributed by atoms with Crippen molar-refractivity contribution in [2.24, 2.45) is 0 Å². The predicted molar refractivity (Wildman–Crippen MR) is 52.5 cm³/mol. The summed E-state index contributed by atoms with van der Waals surface area (Å²) >= 11 is 0. The Balaban J connectivity index is 2.65. The molecule has 0 bridgehead atoms. The number of imidazole rings is 1. The second-order valence-corrected chi connectivity index (χ2v) is 3.19. The Hall–Kier alpha value is -2.18. The first-order valence-corrected chi connectivity index (χ1v) is 4.52. The number of carbonyl (C=O) groups excluding carboxylic acids is 2. The van der Waals surface area contributed by atoms with Gasteiger partial charge < -0.3 is 15.4 Å². The van der Waals surface area contributed by atoms with Gasteiger partial charge in [-0.05, 0) is 0 Å². The Bertz CT molecular complexity index is 399. The van der Waals surface area contributed by atoms with Crippen molar-refractivity contribution in [3.63, 3.8) is 0 Å². The summed E-state index contributed by atoms with van der Waals surface area (Å²) in [4.78, 5) is 39.0. The highest BCUT2D eigenvalue weighted by atomic mass is 16.4. The van der Waals surface area contributed by atoms with Crippen molar-refractivity contribution in [1.82, 2.24) is 15.3 Å². The summed E-state index contributed by atoms with van der Waals surface area (Å²) < 4.78 is 0. The van der Waals surface area contributed by atoms with E-state index in [1.165, 1.54) is 12.5 Å². The van der Waals surface area contributed by atoms with Crippen LogP contribution in [0.5, 0.6) is 0 Å². The van der Waals surface area contributed by atoms with Crippen LogP contribution in [0.25, 0.3) is 0 Å². The zero-order valence-corrected chi connectivity index (χ0v) is 8.56. The van der Waals surface area contributed by atoms with Crippen LogP contribution in [0.2, 0.25) is 0 Å². The molecule has 0 unspecified atom stereocenters. The van der Waals surface area contributed by atoms with Crippen LogP contribution >= 0.6 is 0 Å². The zero-order chi connectivity index (χ0) is 12.1. The van der Waals surface area contributed by atoms with Crippen molar-refractivity contribution in [2.75, 3.05) is 0 Å². The quantitative estimate of drug-likeness (QED) is 0.563. The normalized spacial score (nSPS) is 11.8. The van der Waals surface area contributed by atoms with Crippen molar-refractivity contribution in [1.29, 1.82) is 0 Å². The lowest BCUT2D eigenvalue weighted by Crippen LogP contribution is -2.44. The minimum atomic E-state index is -1.21. The molecule has 0 saturated carbocycles. The Kier molecular flexibility index (Phi) is 3.76. The average Bonchev–Trinajstić information content (AvgIpc) is 2.68.